The first-order chi connectivity index (χ1) is 11.0. The summed E-state index contributed by atoms with van der Waals surface area (Å²) in [6, 6.07) is 17.3. The molecule has 0 atom stereocenters. The predicted octanol–water partition coefficient (Wildman–Crippen LogP) is 5.30. The number of fused-ring (bicyclic) bond motifs is 1. The van der Waals surface area contributed by atoms with E-state index in [4.69, 9.17) is 0 Å². The standard InChI is InChI=1S/C20H24N2S/c1-20(2,3)16-8-10-17(11-9-16)23-22-13-12-15-14-21-19-7-5-4-6-18(15)19/h4-11,14,21-22H,12-13H2,1-3H3. The van der Waals surface area contributed by atoms with Crippen molar-refractivity contribution >= 4 is 22.9 Å². The molecule has 3 rings (SSSR count). The van der Waals surface area contributed by atoms with Gasteiger partial charge in [-0.3, -0.25) is 4.72 Å². The molecule has 2 aromatic carbocycles. The highest BCUT2D eigenvalue weighted by molar-refractivity contribution is 7.97. The maximum atomic E-state index is 3.47. The summed E-state index contributed by atoms with van der Waals surface area (Å²) >= 11 is 1.71. The zero-order valence-corrected chi connectivity index (χ0v) is 14.8. The summed E-state index contributed by atoms with van der Waals surface area (Å²) in [7, 11) is 0. The third-order valence-electron chi connectivity index (χ3n) is 4.08. The van der Waals surface area contributed by atoms with Crippen LogP contribution in [0.1, 0.15) is 31.9 Å². The molecule has 0 fully saturated rings. The van der Waals surface area contributed by atoms with Crippen LogP contribution in [-0.4, -0.2) is 11.5 Å². The number of hydrogen-bond acceptors (Lipinski definition) is 2. The van der Waals surface area contributed by atoms with Crippen molar-refractivity contribution in [2.75, 3.05) is 6.54 Å². The fourth-order valence-electron chi connectivity index (χ4n) is 2.68. The lowest BCUT2D eigenvalue weighted by Gasteiger charge is -2.19. The molecule has 2 nitrogen and oxygen atoms in total. The number of nitrogens with one attached hydrogen (secondary N) is 2. The molecule has 2 N–H and O–H groups in total. The van der Waals surface area contributed by atoms with Crippen LogP contribution in [-0.2, 0) is 11.8 Å². The van der Waals surface area contributed by atoms with Crippen LogP contribution in [0.25, 0.3) is 10.9 Å². The van der Waals surface area contributed by atoms with Gasteiger partial charge in [-0.1, -0.05) is 51.1 Å². The Morgan fingerprint density at radius 2 is 1.74 bits per heavy atom. The van der Waals surface area contributed by atoms with Crippen molar-refractivity contribution in [1.82, 2.24) is 9.71 Å². The fraction of sp³-hybridized carbons (Fsp3) is 0.300. The Labute approximate surface area is 142 Å². The van der Waals surface area contributed by atoms with Gasteiger partial charge in [-0.2, -0.15) is 0 Å². The van der Waals surface area contributed by atoms with Crippen molar-refractivity contribution < 1.29 is 0 Å². The molecule has 23 heavy (non-hydrogen) atoms. The van der Waals surface area contributed by atoms with Crippen LogP contribution < -0.4 is 4.72 Å². The minimum atomic E-state index is 0.214. The molecule has 0 saturated carbocycles. The van der Waals surface area contributed by atoms with E-state index in [2.05, 4.69) is 85.2 Å². The third kappa shape index (κ3) is 3.98. The molecule has 0 aliphatic carbocycles. The van der Waals surface area contributed by atoms with Crippen LogP contribution in [0.2, 0.25) is 0 Å². The Morgan fingerprint density at radius 3 is 2.48 bits per heavy atom. The summed E-state index contributed by atoms with van der Waals surface area (Å²) in [5.41, 5.74) is 4.18. The van der Waals surface area contributed by atoms with E-state index >= 15 is 0 Å². The van der Waals surface area contributed by atoms with Crippen molar-refractivity contribution in [3.05, 3.63) is 65.9 Å². The highest BCUT2D eigenvalue weighted by atomic mass is 32.2. The molecule has 0 spiro atoms. The van der Waals surface area contributed by atoms with Crippen LogP contribution in [0.5, 0.6) is 0 Å². The van der Waals surface area contributed by atoms with Crippen molar-refractivity contribution in [2.24, 2.45) is 0 Å². The Balaban J connectivity index is 1.52. The summed E-state index contributed by atoms with van der Waals surface area (Å²) in [5, 5.41) is 1.33. The van der Waals surface area contributed by atoms with Crippen LogP contribution in [0, 0.1) is 0 Å². The predicted molar refractivity (Wildman–Crippen MR) is 101 cm³/mol. The first-order valence-corrected chi connectivity index (χ1v) is 8.91. The molecular formula is C20H24N2S. The summed E-state index contributed by atoms with van der Waals surface area (Å²) < 4.78 is 3.47. The summed E-state index contributed by atoms with van der Waals surface area (Å²) in [6.45, 7) is 7.69. The van der Waals surface area contributed by atoms with E-state index < -0.39 is 0 Å². The molecule has 0 aliphatic rings. The Morgan fingerprint density at radius 1 is 1.00 bits per heavy atom. The molecule has 0 aliphatic heterocycles. The zero-order valence-electron chi connectivity index (χ0n) is 14.0. The topological polar surface area (TPSA) is 27.8 Å². The van der Waals surface area contributed by atoms with Gasteiger partial charge in [-0.25, -0.2) is 0 Å². The molecule has 120 valence electrons. The minimum Gasteiger partial charge on any atom is -0.361 e. The average molecular weight is 324 g/mol. The summed E-state index contributed by atoms with van der Waals surface area (Å²) in [5.74, 6) is 0. The number of para-hydroxylation sites is 1. The maximum absolute atomic E-state index is 3.47. The number of hydrogen-bond donors (Lipinski definition) is 2. The molecule has 3 heteroatoms. The molecule has 0 unspecified atom stereocenters. The molecule has 0 radical (unpaired) electrons. The van der Waals surface area contributed by atoms with E-state index in [1.165, 1.54) is 26.9 Å². The number of aromatic nitrogens is 1. The number of benzene rings is 2. The van der Waals surface area contributed by atoms with E-state index in [1.807, 2.05) is 0 Å². The molecule has 0 amide bonds. The van der Waals surface area contributed by atoms with Gasteiger partial charge in [-0.05, 0) is 53.1 Å². The second kappa shape index (κ2) is 6.81. The Kier molecular flexibility index (Phi) is 4.79. The second-order valence-corrected chi connectivity index (χ2v) is 7.84. The normalized spacial score (nSPS) is 12.0. The van der Waals surface area contributed by atoms with E-state index in [0.29, 0.717) is 0 Å². The van der Waals surface area contributed by atoms with Gasteiger partial charge in [0.1, 0.15) is 0 Å². The molecule has 1 heterocycles. The molecule has 3 aromatic rings. The van der Waals surface area contributed by atoms with Crippen molar-refractivity contribution in [3.63, 3.8) is 0 Å². The molecule has 1 aromatic heterocycles. The molecular weight excluding hydrogens is 300 g/mol. The number of H-pyrrole nitrogens is 1. The number of aromatic amines is 1. The van der Waals surface area contributed by atoms with E-state index in [1.54, 1.807) is 11.9 Å². The van der Waals surface area contributed by atoms with Gasteiger partial charge in [0.2, 0.25) is 0 Å². The SMILES string of the molecule is CC(C)(C)c1ccc(SNCCc2c[nH]c3ccccc23)cc1. The molecule has 0 saturated heterocycles. The Hall–Kier alpha value is -1.71. The van der Waals surface area contributed by atoms with Gasteiger partial charge in [0.25, 0.3) is 0 Å². The van der Waals surface area contributed by atoms with Crippen LogP contribution >= 0.6 is 11.9 Å². The zero-order chi connectivity index (χ0) is 16.3. The third-order valence-corrected chi connectivity index (χ3v) is 4.94. The monoisotopic (exact) mass is 324 g/mol. The van der Waals surface area contributed by atoms with Gasteiger partial charge < -0.3 is 4.98 Å². The Bertz CT molecular complexity index is 766. The van der Waals surface area contributed by atoms with E-state index in [0.717, 1.165) is 13.0 Å². The number of rotatable bonds is 5. The lowest BCUT2D eigenvalue weighted by atomic mass is 9.87. The van der Waals surface area contributed by atoms with Gasteiger partial charge in [0.05, 0.1) is 0 Å². The lowest BCUT2D eigenvalue weighted by molar-refractivity contribution is 0.590. The van der Waals surface area contributed by atoms with Gasteiger partial charge in [0.15, 0.2) is 0 Å². The maximum Gasteiger partial charge on any atom is 0.0456 e. The van der Waals surface area contributed by atoms with Crippen LogP contribution in [0.15, 0.2) is 59.6 Å². The first-order valence-electron chi connectivity index (χ1n) is 8.09. The molecule has 0 bridgehead atoms. The second-order valence-electron chi connectivity index (χ2n) is 6.88. The lowest BCUT2D eigenvalue weighted by Crippen LogP contribution is -2.11. The highest BCUT2D eigenvalue weighted by Crippen LogP contribution is 2.24. The smallest absolute Gasteiger partial charge is 0.0456 e. The minimum absolute atomic E-state index is 0.214. The van der Waals surface area contributed by atoms with Crippen molar-refractivity contribution in [3.8, 4) is 0 Å². The van der Waals surface area contributed by atoms with Gasteiger partial charge in [-0.15, -0.1) is 0 Å². The van der Waals surface area contributed by atoms with Gasteiger partial charge >= 0.3 is 0 Å². The van der Waals surface area contributed by atoms with Crippen molar-refractivity contribution in [2.45, 2.75) is 37.5 Å². The van der Waals surface area contributed by atoms with E-state index in [-0.39, 0.29) is 5.41 Å². The van der Waals surface area contributed by atoms with Gasteiger partial charge in [0, 0.05) is 28.5 Å². The summed E-state index contributed by atoms with van der Waals surface area (Å²) in [6.07, 6.45) is 3.15. The quantitative estimate of drug-likeness (QED) is 0.492. The first kappa shape index (κ1) is 16.2. The van der Waals surface area contributed by atoms with E-state index in [9.17, 15) is 0 Å². The average Bonchev–Trinajstić information content (AvgIpc) is 2.94. The largest absolute Gasteiger partial charge is 0.361 e. The van der Waals surface area contributed by atoms with Crippen LogP contribution in [0.3, 0.4) is 0 Å². The fourth-order valence-corrected chi connectivity index (χ4v) is 3.32. The van der Waals surface area contributed by atoms with Crippen LogP contribution in [0.4, 0.5) is 0 Å². The summed E-state index contributed by atoms with van der Waals surface area (Å²) in [4.78, 5) is 4.59. The highest BCUT2D eigenvalue weighted by Gasteiger charge is 2.12. The van der Waals surface area contributed by atoms with Crippen molar-refractivity contribution in [1.29, 1.82) is 0 Å².